The number of anilines is 1. The minimum Gasteiger partial charge on any atom is -0.465 e. The lowest BCUT2D eigenvalue weighted by Gasteiger charge is -2.46. The van der Waals surface area contributed by atoms with E-state index in [-0.39, 0.29) is 24.9 Å². The zero-order chi connectivity index (χ0) is 20.9. The number of carbonyl (C=O) groups is 2. The van der Waals surface area contributed by atoms with Crippen molar-refractivity contribution < 1.29 is 14.3 Å². The third-order valence-corrected chi connectivity index (χ3v) is 5.38. The van der Waals surface area contributed by atoms with Crippen LogP contribution in [0.15, 0.2) is 79.4 Å². The van der Waals surface area contributed by atoms with Crippen LogP contribution in [0.5, 0.6) is 0 Å². The molecule has 0 saturated carbocycles. The molecule has 1 aliphatic rings. The molecular weight excluding hydrogens is 378 g/mol. The Labute approximate surface area is 175 Å². The lowest BCUT2D eigenvalue weighted by Crippen LogP contribution is -2.49. The van der Waals surface area contributed by atoms with Crippen molar-refractivity contribution in [1.29, 1.82) is 0 Å². The molecule has 2 aromatic heterocycles. The van der Waals surface area contributed by atoms with Gasteiger partial charge in [-0.05, 0) is 42.3 Å². The predicted molar refractivity (Wildman–Crippen MR) is 113 cm³/mol. The molecule has 1 saturated heterocycles. The lowest BCUT2D eigenvalue weighted by molar-refractivity contribution is -0.153. The van der Waals surface area contributed by atoms with Crippen molar-refractivity contribution in [3.63, 3.8) is 0 Å². The van der Waals surface area contributed by atoms with Crippen LogP contribution in [0.2, 0.25) is 0 Å². The number of hydrogen-bond acceptors (Lipinski definition) is 6. The molecule has 0 aliphatic carbocycles. The molecule has 30 heavy (non-hydrogen) atoms. The van der Waals surface area contributed by atoms with Crippen LogP contribution in [0.4, 0.5) is 5.69 Å². The SMILES string of the molecule is CCOC(=O)C1C(=O)CC(c2cccnc2)N(c2ccccc2)C1c1cccnc1. The van der Waals surface area contributed by atoms with Crippen LogP contribution in [0.25, 0.3) is 0 Å². The van der Waals surface area contributed by atoms with Crippen LogP contribution in [0, 0.1) is 5.92 Å². The molecule has 1 aromatic carbocycles. The van der Waals surface area contributed by atoms with E-state index in [1.54, 1.807) is 31.7 Å². The first kappa shape index (κ1) is 19.8. The second-order valence-electron chi connectivity index (χ2n) is 7.18. The summed E-state index contributed by atoms with van der Waals surface area (Å²) in [6.07, 6.45) is 7.07. The molecule has 0 spiro atoms. The average molecular weight is 401 g/mol. The van der Waals surface area contributed by atoms with Crippen molar-refractivity contribution in [2.45, 2.75) is 25.4 Å². The van der Waals surface area contributed by atoms with E-state index in [1.807, 2.05) is 54.6 Å². The minimum atomic E-state index is -0.928. The highest BCUT2D eigenvalue weighted by atomic mass is 16.5. The molecule has 1 aliphatic heterocycles. The van der Waals surface area contributed by atoms with Crippen LogP contribution in [0.3, 0.4) is 0 Å². The first-order valence-electron chi connectivity index (χ1n) is 10.0. The van der Waals surface area contributed by atoms with Crippen molar-refractivity contribution in [2.24, 2.45) is 5.92 Å². The van der Waals surface area contributed by atoms with Crippen LogP contribution in [-0.2, 0) is 14.3 Å². The number of piperidine rings is 1. The fraction of sp³-hybridized carbons (Fsp3) is 0.250. The molecule has 6 heteroatoms. The molecule has 0 bridgehead atoms. The standard InChI is InChI=1S/C24H23N3O3/c1-2-30-24(29)22-21(28)14-20(17-8-6-12-25-15-17)27(19-10-4-3-5-11-19)23(22)18-9-7-13-26-16-18/h3-13,15-16,20,22-23H,2,14H2,1H3. The summed E-state index contributed by atoms with van der Waals surface area (Å²) >= 11 is 0. The number of esters is 1. The van der Waals surface area contributed by atoms with Gasteiger partial charge in [0.1, 0.15) is 5.92 Å². The molecule has 152 valence electrons. The maximum Gasteiger partial charge on any atom is 0.318 e. The van der Waals surface area contributed by atoms with Gasteiger partial charge < -0.3 is 9.64 Å². The molecule has 1 fully saturated rings. The number of Topliss-reactive ketones (excluding diaryl/α,β-unsaturated/α-hetero) is 1. The third-order valence-electron chi connectivity index (χ3n) is 5.38. The number of ketones is 1. The van der Waals surface area contributed by atoms with Crippen molar-refractivity contribution in [3.05, 3.63) is 90.5 Å². The molecule has 0 N–H and O–H groups in total. The van der Waals surface area contributed by atoms with Gasteiger partial charge in [0.05, 0.1) is 18.7 Å². The number of hydrogen-bond donors (Lipinski definition) is 0. The maximum absolute atomic E-state index is 13.3. The maximum atomic E-state index is 13.3. The van der Waals surface area contributed by atoms with Crippen LogP contribution < -0.4 is 4.90 Å². The quantitative estimate of drug-likeness (QED) is 0.477. The summed E-state index contributed by atoms with van der Waals surface area (Å²) in [7, 11) is 0. The van der Waals surface area contributed by atoms with E-state index in [0.29, 0.717) is 0 Å². The van der Waals surface area contributed by atoms with Crippen molar-refractivity contribution in [2.75, 3.05) is 11.5 Å². The van der Waals surface area contributed by atoms with Gasteiger partial charge in [-0.1, -0.05) is 30.3 Å². The fourth-order valence-corrected chi connectivity index (χ4v) is 4.13. The van der Waals surface area contributed by atoms with Gasteiger partial charge in [0.2, 0.25) is 0 Å². The minimum absolute atomic E-state index is 0.136. The summed E-state index contributed by atoms with van der Waals surface area (Å²) < 4.78 is 5.31. The summed E-state index contributed by atoms with van der Waals surface area (Å²) in [5.41, 5.74) is 2.63. The second kappa shape index (κ2) is 8.86. The first-order valence-corrected chi connectivity index (χ1v) is 10.0. The van der Waals surface area contributed by atoms with Crippen molar-refractivity contribution in [1.82, 2.24) is 9.97 Å². The topological polar surface area (TPSA) is 72.4 Å². The van der Waals surface area contributed by atoms with E-state index in [4.69, 9.17) is 4.74 Å². The molecule has 3 heterocycles. The predicted octanol–water partition coefficient (Wildman–Crippen LogP) is 3.92. The third kappa shape index (κ3) is 3.81. The van der Waals surface area contributed by atoms with Crippen molar-refractivity contribution >= 4 is 17.4 Å². The molecular formula is C24H23N3O3. The Morgan fingerprint density at radius 3 is 2.27 bits per heavy atom. The fourth-order valence-electron chi connectivity index (χ4n) is 4.13. The van der Waals surface area contributed by atoms with Gasteiger partial charge in [0.15, 0.2) is 5.78 Å². The normalized spacial score (nSPS) is 21.3. The Morgan fingerprint density at radius 1 is 1.00 bits per heavy atom. The zero-order valence-electron chi connectivity index (χ0n) is 16.7. The number of ether oxygens (including phenoxy) is 1. The highest BCUT2D eigenvalue weighted by Gasteiger charge is 2.48. The summed E-state index contributed by atoms with van der Waals surface area (Å²) in [6, 6.07) is 16.6. The van der Waals surface area contributed by atoms with Gasteiger partial charge in [-0.15, -0.1) is 0 Å². The van der Waals surface area contributed by atoms with Gasteiger partial charge in [-0.3, -0.25) is 19.6 Å². The first-order chi connectivity index (χ1) is 14.7. The number of rotatable bonds is 5. The number of aromatic nitrogens is 2. The molecule has 3 unspecified atom stereocenters. The van der Waals surface area contributed by atoms with E-state index < -0.39 is 17.9 Å². The van der Waals surface area contributed by atoms with E-state index >= 15 is 0 Å². The van der Waals surface area contributed by atoms with Crippen LogP contribution in [-0.4, -0.2) is 28.3 Å². The zero-order valence-corrected chi connectivity index (χ0v) is 16.7. The smallest absolute Gasteiger partial charge is 0.318 e. The second-order valence-corrected chi connectivity index (χ2v) is 7.18. The Hall–Kier alpha value is -3.54. The Morgan fingerprint density at radius 2 is 1.67 bits per heavy atom. The van der Waals surface area contributed by atoms with Crippen LogP contribution in [0.1, 0.15) is 36.6 Å². The molecule has 6 nitrogen and oxygen atoms in total. The molecule has 0 radical (unpaired) electrons. The van der Waals surface area contributed by atoms with Crippen LogP contribution >= 0.6 is 0 Å². The van der Waals surface area contributed by atoms with E-state index in [0.717, 1.165) is 16.8 Å². The van der Waals surface area contributed by atoms with E-state index in [9.17, 15) is 9.59 Å². The number of benzene rings is 1. The van der Waals surface area contributed by atoms with Gasteiger partial charge in [-0.25, -0.2) is 0 Å². The average Bonchev–Trinajstić information content (AvgIpc) is 2.80. The molecule has 3 atom stereocenters. The Bertz CT molecular complexity index is 996. The molecule has 3 aromatic rings. The summed E-state index contributed by atoms with van der Waals surface area (Å²) in [4.78, 5) is 36.8. The number of pyridine rings is 2. The highest BCUT2D eigenvalue weighted by Crippen LogP contribution is 2.46. The van der Waals surface area contributed by atoms with E-state index in [2.05, 4.69) is 14.9 Å². The monoisotopic (exact) mass is 401 g/mol. The van der Waals surface area contributed by atoms with Gasteiger partial charge in [0, 0.05) is 36.9 Å². The summed E-state index contributed by atoms with van der Waals surface area (Å²) in [6.45, 7) is 1.97. The van der Waals surface area contributed by atoms with Crippen molar-refractivity contribution in [3.8, 4) is 0 Å². The number of nitrogens with zero attached hydrogens (tertiary/aromatic N) is 3. The molecule has 4 rings (SSSR count). The Kier molecular flexibility index (Phi) is 5.84. The number of para-hydroxylation sites is 1. The summed E-state index contributed by atoms with van der Waals surface area (Å²) in [5.74, 6) is -1.56. The van der Waals surface area contributed by atoms with Gasteiger partial charge in [-0.2, -0.15) is 0 Å². The largest absolute Gasteiger partial charge is 0.465 e. The molecule has 0 amide bonds. The lowest BCUT2D eigenvalue weighted by atomic mass is 9.79. The number of carbonyl (C=O) groups excluding carboxylic acids is 2. The van der Waals surface area contributed by atoms with Gasteiger partial charge >= 0.3 is 5.97 Å². The highest BCUT2D eigenvalue weighted by molar-refractivity contribution is 6.02. The van der Waals surface area contributed by atoms with Gasteiger partial charge in [0.25, 0.3) is 0 Å². The van der Waals surface area contributed by atoms with E-state index in [1.165, 1.54) is 0 Å². The summed E-state index contributed by atoms with van der Waals surface area (Å²) in [5, 5.41) is 0. The Balaban J connectivity index is 1.90.